The molecule has 1 heterocycles. The lowest BCUT2D eigenvalue weighted by molar-refractivity contribution is 0.134. The molecule has 1 saturated heterocycles. The Morgan fingerprint density at radius 2 is 2.12 bits per heavy atom. The zero-order valence-corrected chi connectivity index (χ0v) is 9.86. The van der Waals surface area contributed by atoms with Gasteiger partial charge in [0.1, 0.15) is 6.61 Å². The molecule has 16 heavy (non-hydrogen) atoms. The Bertz CT molecular complexity index is 365. The maximum Gasteiger partial charge on any atom is 0.102 e. The van der Waals surface area contributed by atoms with Crippen LogP contribution in [0.25, 0.3) is 0 Å². The van der Waals surface area contributed by atoms with Gasteiger partial charge < -0.3 is 15.8 Å². The van der Waals surface area contributed by atoms with Crippen molar-refractivity contribution in [1.82, 2.24) is 0 Å². The van der Waals surface area contributed by atoms with Crippen LogP contribution in [0, 0.1) is 20.5 Å². The average molecular weight is 219 g/mol. The minimum atomic E-state index is -0.0321. The highest BCUT2D eigenvalue weighted by atomic mass is 16.5. The van der Waals surface area contributed by atoms with E-state index in [1.54, 1.807) is 6.61 Å². The minimum absolute atomic E-state index is 0.0321. The molecule has 0 bridgehead atoms. The van der Waals surface area contributed by atoms with Crippen molar-refractivity contribution in [2.24, 2.45) is 5.73 Å². The molecule has 87 valence electrons. The standard InChI is InChI=1S/C13H19N2O/c1-9-3-4-11(7-10(9)2)15-13-5-6-16-8-12(13)14/h3-4,7-8,12-13,15H,5-6,14H2,1-2H3. The number of hydrogen-bond donors (Lipinski definition) is 2. The molecule has 2 rings (SSSR count). The first-order valence-electron chi connectivity index (χ1n) is 5.71. The van der Waals surface area contributed by atoms with Gasteiger partial charge in [0.15, 0.2) is 0 Å². The SMILES string of the molecule is Cc1ccc(NC2CCO[CH]C2N)cc1C. The number of nitrogens with one attached hydrogen (secondary N) is 1. The molecule has 3 nitrogen and oxygen atoms in total. The van der Waals surface area contributed by atoms with Crippen LogP contribution in [0.4, 0.5) is 5.69 Å². The van der Waals surface area contributed by atoms with E-state index in [2.05, 4.69) is 37.4 Å². The van der Waals surface area contributed by atoms with Crippen LogP contribution in [0.5, 0.6) is 0 Å². The van der Waals surface area contributed by atoms with E-state index in [0.29, 0.717) is 0 Å². The van der Waals surface area contributed by atoms with Gasteiger partial charge in [-0.1, -0.05) is 6.07 Å². The number of hydrogen-bond acceptors (Lipinski definition) is 3. The minimum Gasteiger partial charge on any atom is -0.381 e. The van der Waals surface area contributed by atoms with Gasteiger partial charge in [-0.05, 0) is 43.5 Å². The lowest BCUT2D eigenvalue weighted by Gasteiger charge is -2.29. The highest BCUT2D eigenvalue weighted by Crippen LogP contribution is 2.19. The maximum absolute atomic E-state index is 5.95. The predicted octanol–water partition coefficient (Wildman–Crippen LogP) is 1.99. The van der Waals surface area contributed by atoms with Crippen LogP contribution in [-0.4, -0.2) is 18.7 Å². The summed E-state index contributed by atoms with van der Waals surface area (Å²) < 4.78 is 5.20. The summed E-state index contributed by atoms with van der Waals surface area (Å²) in [4.78, 5) is 0. The highest BCUT2D eigenvalue weighted by molar-refractivity contribution is 5.49. The Hall–Kier alpha value is -1.06. The van der Waals surface area contributed by atoms with Crippen LogP contribution >= 0.6 is 0 Å². The maximum atomic E-state index is 5.95. The molecular formula is C13H19N2O. The summed E-state index contributed by atoms with van der Waals surface area (Å²) in [5.41, 5.74) is 9.70. The summed E-state index contributed by atoms with van der Waals surface area (Å²) in [7, 11) is 0. The van der Waals surface area contributed by atoms with Crippen molar-refractivity contribution in [3.8, 4) is 0 Å². The van der Waals surface area contributed by atoms with E-state index in [9.17, 15) is 0 Å². The van der Waals surface area contributed by atoms with Crippen molar-refractivity contribution in [1.29, 1.82) is 0 Å². The second-order valence-electron chi connectivity index (χ2n) is 4.42. The molecule has 1 aromatic rings. The average Bonchev–Trinajstić information content (AvgIpc) is 2.27. The molecular weight excluding hydrogens is 200 g/mol. The second-order valence-corrected chi connectivity index (χ2v) is 4.42. The zero-order chi connectivity index (χ0) is 11.5. The van der Waals surface area contributed by atoms with E-state index in [0.717, 1.165) is 18.7 Å². The van der Waals surface area contributed by atoms with Gasteiger partial charge in [0.05, 0.1) is 6.04 Å². The smallest absolute Gasteiger partial charge is 0.102 e. The summed E-state index contributed by atoms with van der Waals surface area (Å²) >= 11 is 0. The molecule has 0 saturated carbocycles. The lowest BCUT2D eigenvalue weighted by atomic mass is 10.0. The Morgan fingerprint density at radius 1 is 1.31 bits per heavy atom. The Kier molecular flexibility index (Phi) is 3.46. The number of anilines is 1. The molecule has 3 heteroatoms. The number of ether oxygens (including phenoxy) is 1. The second kappa shape index (κ2) is 4.85. The fraction of sp³-hybridized carbons (Fsp3) is 0.462. The van der Waals surface area contributed by atoms with Gasteiger partial charge in [0.25, 0.3) is 0 Å². The third-order valence-corrected chi connectivity index (χ3v) is 3.12. The van der Waals surface area contributed by atoms with Gasteiger partial charge in [0, 0.05) is 18.3 Å². The van der Waals surface area contributed by atoms with Gasteiger partial charge in [-0.15, -0.1) is 0 Å². The van der Waals surface area contributed by atoms with Gasteiger partial charge >= 0.3 is 0 Å². The fourth-order valence-electron chi connectivity index (χ4n) is 1.88. The van der Waals surface area contributed by atoms with Crippen LogP contribution in [0.1, 0.15) is 17.5 Å². The number of aryl methyl sites for hydroxylation is 2. The van der Waals surface area contributed by atoms with E-state index in [1.165, 1.54) is 11.1 Å². The largest absolute Gasteiger partial charge is 0.381 e. The lowest BCUT2D eigenvalue weighted by Crippen LogP contribution is -2.45. The summed E-state index contributed by atoms with van der Waals surface area (Å²) in [5, 5.41) is 3.46. The normalized spacial score (nSPS) is 25.4. The fourth-order valence-corrected chi connectivity index (χ4v) is 1.88. The van der Waals surface area contributed by atoms with Crippen molar-refractivity contribution >= 4 is 5.69 Å². The van der Waals surface area contributed by atoms with E-state index >= 15 is 0 Å². The number of benzene rings is 1. The molecule has 0 aromatic heterocycles. The molecule has 1 fully saturated rings. The molecule has 0 spiro atoms. The van der Waals surface area contributed by atoms with Crippen LogP contribution in [0.2, 0.25) is 0 Å². The summed E-state index contributed by atoms with van der Waals surface area (Å²) in [6.07, 6.45) is 0.949. The highest BCUT2D eigenvalue weighted by Gasteiger charge is 2.22. The van der Waals surface area contributed by atoms with Crippen molar-refractivity contribution in [3.63, 3.8) is 0 Å². The van der Waals surface area contributed by atoms with Crippen LogP contribution in [0.15, 0.2) is 18.2 Å². The Labute approximate surface area is 97.0 Å². The molecule has 0 aliphatic carbocycles. The molecule has 2 unspecified atom stereocenters. The van der Waals surface area contributed by atoms with Gasteiger partial charge in [-0.2, -0.15) is 0 Å². The predicted molar refractivity (Wildman–Crippen MR) is 66.2 cm³/mol. The monoisotopic (exact) mass is 219 g/mol. The number of nitrogens with two attached hydrogens (primary N) is 1. The Morgan fingerprint density at radius 3 is 2.81 bits per heavy atom. The van der Waals surface area contributed by atoms with Gasteiger partial charge in [0.2, 0.25) is 0 Å². The van der Waals surface area contributed by atoms with E-state index in [-0.39, 0.29) is 12.1 Å². The van der Waals surface area contributed by atoms with Crippen LogP contribution in [0.3, 0.4) is 0 Å². The summed E-state index contributed by atoms with van der Waals surface area (Å²) in [6, 6.07) is 6.64. The molecule has 3 N–H and O–H groups in total. The van der Waals surface area contributed by atoms with Crippen molar-refractivity contribution in [3.05, 3.63) is 35.9 Å². The van der Waals surface area contributed by atoms with Gasteiger partial charge in [-0.25, -0.2) is 0 Å². The first-order valence-corrected chi connectivity index (χ1v) is 5.71. The van der Waals surface area contributed by atoms with Crippen molar-refractivity contribution in [2.45, 2.75) is 32.4 Å². The van der Waals surface area contributed by atoms with Crippen LogP contribution in [-0.2, 0) is 4.74 Å². The van der Waals surface area contributed by atoms with E-state index < -0.39 is 0 Å². The third-order valence-electron chi connectivity index (χ3n) is 3.12. The van der Waals surface area contributed by atoms with E-state index in [4.69, 9.17) is 10.5 Å². The topological polar surface area (TPSA) is 47.3 Å². The van der Waals surface area contributed by atoms with Crippen LogP contribution < -0.4 is 11.1 Å². The molecule has 1 aliphatic heterocycles. The number of rotatable bonds is 2. The quantitative estimate of drug-likeness (QED) is 0.799. The first-order chi connectivity index (χ1) is 7.66. The summed E-state index contributed by atoms with van der Waals surface area (Å²) in [6.45, 7) is 6.71. The molecule has 0 amide bonds. The van der Waals surface area contributed by atoms with E-state index in [1.807, 2.05) is 0 Å². The Balaban J connectivity index is 2.05. The first kappa shape index (κ1) is 11.4. The third kappa shape index (κ3) is 2.54. The zero-order valence-electron chi connectivity index (χ0n) is 9.86. The summed E-state index contributed by atoms with van der Waals surface area (Å²) in [5.74, 6) is 0. The molecule has 2 atom stereocenters. The molecule has 1 aliphatic rings. The van der Waals surface area contributed by atoms with Gasteiger partial charge in [-0.3, -0.25) is 0 Å². The van der Waals surface area contributed by atoms with Crippen molar-refractivity contribution in [2.75, 3.05) is 11.9 Å². The molecule has 1 aromatic carbocycles. The van der Waals surface area contributed by atoms with Crippen molar-refractivity contribution < 1.29 is 4.74 Å². The molecule has 1 radical (unpaired) electrons.